The molecule has 27 heavy (non-hydrogen) atoms. The first-order valence-corrected chi connectivity index (χ1v) is 12.4. The molecule has 1 aromatic heterocycles. The van der Waals surface area contributed by atoms with Gasteiger partial charge in [-0.1, -0.05) is 55.7 Å². The molecule has 3 aromatic rings. The zero-order valence-corrected chi connectivity index (χ0v) is 17.2. The van der Waals surface area contributed by atoms with Crippen LogP contribution in [0.4, 0.5) is 0 Å². The van der Waals surface area contributed by atoms with Gasteiger partial charge in [0.1, 0.15) is 14.4 Å². The Morgan fingerprint density at radius 3 is 1.63 bits per heavy atom. The quantitative estimate of drug-likeness (QED) is 0.447. The van der Waals surface area contributed by atoms with Gasteiger partial charge in [-0.05, 0) is 37.3 Å². The van der Waals surface area contributed by atoms with Crippen molar-refractivity contribution in [3.05, 3.63) is 72.1 Å². The van der Waals surface area contributed by atoms with E-state index in [1.807, 2.05) is 37.3 Å². The molecular weight excluding hydrogens is 344 g/mol. The van der Waals surface area contributed by atoms with Crippen LogP contribution in [0.5, 0.6) is 0 Å². The maximum absolute atomic E-state index is 4.43. The van der Waals surface area contributed by atoms with Crippen molar-refractivity contribution in [2.45, 2.75) is 26.6 Å². The summed E-state index contributed by atoms with van der Waals surface area (Å²) in [4.78, 5) is 8.85. The van der Waals surface area contributed by atoms with Gasteiger partial charge in [0, 0.05) is 22.3 Å². The molecule has 1 heterocycles. The zero-order chi connectivity index (χ0) is 19.3. The number of aromatic nitrogens is 2. The number of benzene rings is 2. The number of nitrogens with zero attached hydrogens (tertiary/aromatic N) is 2. The van der Waals surface area contributed by atoms with Gasteiger partial charge < -0.3 is 0 Å². The Balaban J connectivity index is 1.86. The molecule has 0 fully saturated rings. The molecule has 0 saturated carbocycles. The molecular formula is C24H22N2Si. The lowest BCUT2D eigenvalue weighted by atomic mass is 10.1. The molecule has 0 radical (unpaired) electrons. The first-order valence-electron chi connectivity index (χ1n) is 8.93. The molecule has 0 amide bonds. The summed E-state index contributed by atoms with van der Waals surface area (Å²) in [6.45, 7) is 8.58. The highest BCUT2D eigenvalue weighted by atomic mass is 28.3. The number of hydrogen-bond donors (Lipinski definition) is 0. The Hall–Kier alpha value is -3.14. The largest absolute Gasteiger partial charge is 0.236 e. The first-order chi connectivity index (χ1) is 12.9. The highest BCUT2D eigenvalue weighted by molar-refractivity contribution is 6.83. The van der Waals surface area contributed by atoms with E-state index in [4.69, 9.17) is 0 Å². The van der Waals surface area contributed by atoms with Gasteiger partial charge in [-0.15, -0.1) is 11.5 Å². The fourth-order valence-electron chi connectivity index (χ4n) is 2.53. The van der Waals surface area contributed by atoms with Crippen LogP contribution in [-0.2, 0) is 0 Å². The minimum Gasteiger partial charge on any atom is -0.236 e. The van der Waals surface area contributed by atoms with Gasteiger partial charge in [-0.2, -0.15) is 0 Å². The summed E-state index contributed by atoms with van der Waals surface area (Å²) in [5, 5.41) is 0. The van der Waals surface area contributed by atoms with Gasteiger partial charge in [0.05, 0.1) is 11.4 Å². The highest BCUT2D eigenvalue weighted by Gasteiger charge is 2.08. The lowest BCUT2D eigenvalue weighted by Gasteiger charge is -2.05. The van der Waals surface area contributed by atoms with Crippen molar-refractivity contribution in [2.24, 2.45) is 0 Å². The van der Waals surface area contributed by atoms with E-state index in [2.05, 4.69) is 77.2 Å². The summed E-state index contributed by atoms with van der Waals surface area (Å²) in [6, 6.07) is 18.4. The van der Waals surface area contributed by atoms with E-state index in [0.29, 0.717) is 0 Å². The zero-order valence-electron chi connectivity index (χ0n) is 16.2. The minimum atomic E-state index is -1.36. The second-order valence-corrected chi connectivity index (χ2v) is 12.1. The average molecular weight is 367 g/mol. The van der Waals surface area contributed by atoms with E-state index >= 15 is 0 Å². The second kappa shape index (κ2) is 8.04. The van der Waals surface area contributed by atoms with Gasteiger partial charge in [0.15, 0.2) is 0 Å². The highest BCUT2D eigenvalue weighted by Crippen LogP contribution is 2.23. The standard InChI is InChI=1S/C24H22N2Si/c1-5-6-19-7-11-21(12-8-19)23-17-24(26-18-25-23)22-13-9-20(10-14-22)15-16-27(2,3)4/h7-14,17-18H,1-4H3. The summed E-state index contributed by atoms with van der Waals surface area (Å²) >= 11 is 0. The molecule has 3 heteroatoms. The lowest BCUT2D eigenvalue weighted by molar-refractivity contribution is 1.18. The smallest absolute Gasteiger partial charge is 0.129 e. The van der Waals surface area contributed by atoms with Crippen LogP contribution in [0, 0.1) is 23.3 Å². The third kappa shape index (κ3) is 5.17. The lowest BCUT2D eigenvalue weighted by Crippen LogP contribution is -2.16. The van der Waals surface area contributed by atoms with Crippen molar-refractivity contribution in [2.75, 3.05) is 0 Å². The van der Waals surface area contributed by atoms with Crippen LogP contribution < -0.4 is 0 Å². The van der Waals surface area contributed by atoms with Crippen molar-refractivity contribution >= 4 is 8.07 Å². The first kappa shape index (κ1) is 18.6. The van der Waals surface area contributed by atoms with Crippen molar-refractivity contribution in [1.29, 1.82) is 0 Å². The van der Waals surface area contributed by atoms with Gasteiger partial charge in [-0.25, -0.2) is 9.97 Å². The van der Waals surface area contributed by atoms with Crippen molar-refractivity contribution < 1.29 is 0 Å². The Labute approximate surface area is 162 Å². The minimum absolute atomic E-state index is 0.901. The van der Waals surface area contributed by atoms with E-state index in [1.54, 1.807) is 6.33 Å². The van der Waals surface area contributed by atoms with Crippen molar-refractivity contribution in [3.63, 3.8) is 0 Å². The third-order valence-electron chi connectivity index (χ3n) is 3.88. The van der Waals surface area contributed by atoms with E-state index < -0.39 is 8.07 Å². The van der Waals surface area contributed by atoms with Crippen molar-refractivity contribution in [1.82, 2.24) is 9.97 Å². The van der Waals surface area contributed by atoms with Crippen LogP contribution in [0.2, 0.25) is 19.6 Å². The predicted octanol–water partition coefficient (Wildman–Crippen LogP) is 5.41. The van der Waals surface area contributed by atoms with E-state index in [-0.39, 0.29) is 0 Å². The van der Waals surface area contributed by atoms with Crippen LogP contribution in [0.1, 0.15) is 18.1 Å². The van der Waals surface area contributed by atoms with Crippen LogP contribution in [-0.4, -0.2) is 18.0 Å². The fraction of sp³-hybridized carbons (Fsp3) is 0.167. The molecule has 2 nitrogen and oxygen atoms in total. The molecule has 0 aliphatic heterocycles. The molecule has 0 spiro atoms. The topological polar surface area (TPSA) is 25.8 Å². The summed E-state index contributed by atoms with van der Waals surface area (Å²) in [6.07, 6.45) is 1.61. The SMILES string of the molecule is CC#Cc1ccc(-c2cc(-c3ccc(C#C[Si](C)(C)C)cc3)ncn2)cc1. The molecule has 132 valence electrons. The molecule has 0 aliphatic rings. The summed E-state index contributed by atoms with van der Waals surface area (Å²) in [5.74, 6) is 9.25. The maximum atomic E-state index is 4.43. The molecule has 0 atom stereocenters. The Bertz CT molecular complexity index is 1050. The maximum Gasteiger partial charge on any atom is 0.129 e. The number of hydrogen-bond acceptors (Lipinski definition) is 2. The fourth-order valence-corrected chi connectivity index (χ4v) is 3.05. The molecule has 0 aliphatic carbocycles. The summed E-state index contributed by atoms with van der Waals surface area (Å²) in [7, 11) is -1.36. The second-order valence-electron chi connectivity index (χ2n) is 7.32. The van der Waals surface area contributed by atoms with E-state index in [0.717, 1.165) is 33.6 Å². The van der Waals surface area contributed by atoms with Crippen molar-refractivity contribution in [3.8, 4) is 45.8 Å². The Kier molecular flexibility index (Phi) is 5.55. The van der Waals surface area contributed by atoms with E-state index in [9.17, 15) is 0 Å². The molecule has 0 bridgehead atoms. The number of rotatable bonds is 2. The normalized spacial score (nSPS) is 10.4. The van der Waals surface area contributed by atoms with Crippen LogP contribution in [0.3, 0.4) is 0 Å². The van der Waals surface area contributed by atoms with Gasteiger partial charge in [-0.3, -0.25) is 0 Å². The monoisotopic (exact) mass is 366 g/mol. The molecule has 2 aromatic carbocycles. The van der Waals surface area contributed by atoms with Crippen LogP contribution in [0.15, 0.2) is 60.9 Å². The molecule has 0 N–H and O–H groups in total. The Morgan fingerprint density at radius 1 is 0.704 bits per heavy atom. The molecule has 3 rings (SSSR count). The summed E-state index contributed by atoms with van der Waals surface area (Å²) in [5.41, 5.74) is 9.37. The Morgan fingerprint density at radius 2 is 1.19 bits per heavy atom. The molecule has 0 saturated heterocycles. The molecule has 0 unspecified atom stereocenters. The van der Waals surface area contributed by atoms with Crippen LogP contribution >= 0.6 is 0 Å². The van der Waals surface area contributed by atoms with Gasteiger partial charge in [0.25, 0.3) is 0 Å². The van der Waals surface area contributed by atoms with Gasteiger partial charge in [0.2, 0.25) is 0 Å². The van der Waals surface area contributed by atoms with Crippen LogP contribution in [0.25, 0.3) is 22.5 Å². The summed E-state index contributed by atoms with van der Waals surface area (Å²) < 4.78 is 0. The van der Waals surface area contributed by atoms with Gasteiger partial charge >= 0.3 is 0 Å². The average Bonchev–Trinajstić information content (AvgIpc) is 2.67. The third-order valence-corrected chi connectivity index (χ3v) is 4.75. The van der Waals surface area contributed by atoms with E-state index in [1.165, 1.54) is 0 Å². The predicted molar refractivity (Wildman–Crippen MR) is 116 cm³/mol.